The van der Waals surface area contributed by atoms with Crippen molar-refractivity contribution in [3.8, 4) is 0 Å². The lowest BCUT2D eigenvalue weighted by molar-refractivity contribution is 0.740. The van der Waals surface area contributed by atoms with E-state index in [2.05, 4.69) is 40.0 Å². The van der Waals surface area contributed by atoms with Crippen LogP contribution in [0.15, 0.2) is 35.3 Å². The monoisotopic (exact) mass is 388 g/mol. The van der Waals surface area contributed by atoms with E-state index in [1.165, 1.54) is 12.1 Å². The van der Waals surface area contributed by atoms with E-state index in [4.69, 9.17) is 0 Å². The highest BCUT2D eigenvalue weighted by Gasteiger charge is 2.32. The van der Waals surface area contributed by atoms with Crippen LogP contribution in [0.1, 0.15) is 19.8 Å². The molecule has 0 spiro atoms. The fourth-order valence-electron chi connectivity index (χ4n) is 1.98. The molecule has 0 aliphatic heterocycles. The van der Waals surface area contributed by atoms with Crippen LogP contribution in [0.5, 0.6) is 0 Å². The normalized spacial score (nSPS) is 20.8. The Morgan fingerprint density at radius 2 is 1.95 bits per heavy atom. The molecule has 4 nitrogen and oxygen atoms in total. The molecule has 0 heterocycles. The van der Waals surface area contributed by atoms with Gasteiger partial charge < -0.3 is 16.0 Å². The number of nitrogens with zero attached hydrogens (tertiary/aromatic N) is 1. The highest BCUT2D eigenvalue weighted by Crippen LogP contribution is 2.28. The number of hydrogen-bond donors (Lipinski definition) is 3. The summed E-state index contributed by atoms with van der Waals surface area (Å²) in [5.41, 5.74) is 1.18. The average molecular weight is 388 g/mol. The van der Waals surface area contributed by atoms with E-state index in [1.54, 1.807) is 0 Å². The summed E-state index contributed by atoms with van der Waals surface area (Å²) in [6.07, 6.45) is 2.33. The van der Waals surface area contributed by atoms with Crippen molar-refractivity contribution in [1.29, 1.82) is 0 Å². The lowest BCUT2D eigenvalue weighted by Crippen LogP contribution is -2.39. The molecule has 1 aliphatic rings. The minimum Gasteiger partial charge on any atom is -0.385 e. The van der Waals surface area contributed by atoms with E-state index < -0.39 is 0 Å². The second-order valence-electron chi connectivity index (χ2n) is 5.11. The number of nitrogens with one attached hydrogen (secondary N) is 3. The third-order valence-corrected chi connectivity index (χ3v) is 3.40. The zero-order valence-corrected chi connectivity index (χ0v) is 14.6. The molecular weight excluding hydrogens is 363 g/mol. The number of guanidine groups is 1. The van der Waals surface area contributed by atoms with Crippen LogP contribution in [0.3, 0.4) is 0 Å². The van der Waals surface area contributed by atoms with Gasteiger partial charge in [-0.15, -0.1) is 24.0 Å². The summed E-state index contributed by atoms with van der Waals surface area (Å²) in [6, 6.07) is 10.9. The Kier molecular flexibility index (Phi) is 7.72. The van der Waals surface area contributed by atoms with Crippen LogP contribution >= 0.6 is 24.0 Å². The van der Waals surface area contributed by atoms with Crippen molar-refractivity contribution in [2.45, 2.75) is 25.8 Å². The molecule has 3 N–H and O–H groups in total. The first kappa shape index (κ1) is 17.1. The van der Waals surface area contributed by atoms with E-state index in [-0.39, 0.29) is 24.0 Å². The molecule has 20 heavy (non-hydrogen) atoms. The zero-order chi connectivity index (χ0) is 13.5. The first-order chi connectivity index (χ1) is 9.29. The minimum atomic E-state index is 0. The number of aliphatic imine (C=N–C) groups is 1. The van der Waals surface area contributed by atoms with E-state index in [0.717, 1.165) is 31.4 Å². The van der Waals surface area contributed by atoms with E-state index in [1.807, 2.05) is 25.2 Å². The molecule has 0 radical (unpaired) electrons. The lowest BCUT2D eigenvalue weighted by Gasteiger charge is -2.12. The number of hydrogen-bond acceptors (Lipinski definition) is 2. The Labute approximate surface area is 138 Å². The van der Waals surface area contributed by atoms with Gasteiger partial charge in [0.2, 0.25) is 0 Å². The molecule has 2 unspecified atom stereocenters. The van der Waals surface area contributed by atoms with Gasteiger partial charge in [0.1, 0.15) is 0 Å². The molecule has 1 aromatic carbocycles. The molecular formula is C15H25IN4. The van der Waals surface area contributed by atoms with Crippen molar-refractivity contribution in [3.63, 3.8) is 0 Å². The van der Waals surface area contributed by atoms with Crippen molar-refractivity contribution in [2.24, 2.45) is 10.9 Å². The van der Waals surface area contributed by atoms with Crippen LogP contribution in [0.25, 0.3) is 0 Å². The average Bonchev–Trinajstić information content (AvgIpc) is 3.13. The second kappa shape index (κ2) is 9.05. The molecule has 0 aromatic heterocycles. The molecule has 2 rings (SSSR count). The van der Waals surface area contributed by atoms with Gasteiger partial charge in [-0.3, -0.25) is 4.99 Å². The maximum atomic E-state index is 4.23. The first-order valence-electron chi connectivity index (χ1n) is 7.05. The van der Waals surface area contributed by atoms with Crippen LogP contribution in [0, 0.1) is 5.92 Å². The zero-order valence-electron chi connectivity index (χ0n) is 12.2. The fraction of sp³-hybridized carbons (Fsp3) is 0.533. The van der Waals surface area contributed by atoms with Gasteiger partial charge in [-0.05, 0) is 30.9 Å². The standard InChI is InChI=1S/C15H24N4.HI/c1-12-11-14(12)19-15(16-2)18-10-6-9-17-13-7-4-3-5-8-13;/h3-5,7-8,12,14,17H,6,9-11H2,1-2H3,(H2,16,18,19);1H. The van der Waals surface area contributed by atoms with Crippen molar-refractivity contribution < 1.29 is 0 Å². The summed E-state index contributed by atoms with van der Waals surface area (Å²) < 4.78 is 0. The van der Waals surface area contributed by atoms with Crippen LogP contribution in [-0.4, -0.2) is 32.1 Å². The van der Waals surface area contributed by atoms with E-state index in [0.29, 0.717) is 6.04 Å². The lowest BCUT2D eigenvalue weighted by atomic mass is 10.3. The predicted octanol–water partition coefficient (Wildman–Crippen LogP) is 2.68. The Hall–Kier alpha value is -0.980. The van der Waals surface area contributed by atoms with Crippen molar-refractivity contribution in [2.75, 3.05) is 25.5 Å². The summed E-state index contributed by atoms with van der Waals surface area (Å²) in [6.45, 7) is 4.16. The number of para-hydroxylation sites is 1. The molecule has 112 valence electrons. The number of rotatable bonds is 6. The molecule has 1 aliphatic carbocycles. The summed E-state index contributed by atoms with van der Waals surface area (Å²) in [7, 11) is 1.82. The summed E-state index contributed by atoms with van der Waals surface area (Å²) in [5.74, 6) is 1.72. The van der Waals surface area contributed by atoms with E-state index in [9.17, 15) is 0 Å². The van der Waals surface area contributed by atoms with Gasteiger partial charge in [-0.1, -0.05) is 25.1 Å². The molecule has 0 bridgehead atoms. The number of anilines is 1. The molecule has 2 atom stereocenters. The van der Waals surface area contributed by atoms with Crippen LogP contribution in [0.4, 0.5) is 5.69 Å². The molecule has 0 saturated heterocycles. The van der Waals surface area contributed by atoms with Crippen LogP contribution in [0.2, 0.25) is 0 Å². The van der Waals surface area contributed by atoms with Gasteiger partial charge in [0, 0.05) is 31.9 Å². The predicted molar refractivity (Wildman–Crippen MR) is 97.0 cm³/mol. The summed E-state index contributed by atoms with van der Waals surface area (Å²) in [4.78, 5) is 4.23. The molecule has 1 fully saturated rings. The van der Waals surface area contributed by atoms with Gasteiger partial charge in [0.05, 0.1) is 0 Å². The Bertz CT molecular complexity index is 408. The Morgan fingerprint density at radius 3 is 2.55 bits per heavy atom. The number of benzene rings is 1. The maximum Gasteiger partial charge on any atom is 0.191 e. The molecule has 5 heteroatoms. The quantitative estimate of drug-likeness (QED) is 0.304. The SMILES string of the molecule is CN=C(NCCCNc1ccccc1)NC1CC1C.I. The topological polar surface area (TPSA) is 48.5 Å². The smallest absolute Gasteiger partial charge is 0.191 e. The highest BCUT2D eigenvalue weighted by molar-refractivity contribution is 14.0. The van der Waals surface area contributed by atoms with Gasteiger partial charge in [-0.2, -0.15) is 0 Å². The van der Waals surface area contributed by atoms with Gasteiger partial charge in [0.25, 0.3) is 0 Å². The summed E-state index contributed by atoms with van der Waals surface area (Å²) in [5, 5.41) is 10.2. The molecule has 1 saturated carbocycles. The van der Waals surface area contributed by atoms with Crippen molar-refractivity contribution in [3.05, 3.63) is 30.3 Å². The highest BCUT2D eigenvalue weighted by atomic mass is 127. The van der Waals surface area contributed by atoms with Gasteiger partial charge in [-0.25, -0.2) is 0 Å². The first-order valence-corrected chi connectivity index (χ1v) is 7.05. The van der Waals surface area contributed by atoms with Crippen LogP contribution in [-0.2, 0) is 0 Å². The van der Waals surface area contributed by atoms with Crippen molar-refractivity contribution >= 4 is 35.6 Å². The third kappa shape index (κ3) is 5.98. The Morgan fingerprint density at radius 1 is 1.25 bits per heavy atom. The van der Waals surface area contributed by atoms with Crippen molar-refractivity contribution in [1.82, 2.24) is 10.6 Å². The van der Waals surface area contributed by atoms with Gasteiger partial charge in [0.15, 0.2) is 5.96 Å². The van der Waals surface area contributed by atoms with E-state index >= 15 is 0 Å². The second-order valence-corrected chi connectivity index (χ2v) is 5.11. The van der Waals surface area contributed by atoms with Gasteiger partial charge >= 0.3 is 0 Å². The molecule has 0 amide bonds. The summed E-state index contributed by atoms with van der Waals surface area (Å²) >= 11 is 0. The number of halogens is 1. The van der Waals surface area contributed by atoms with Crippen LogP contribution < -0.4 is 16.0 Å². The minimum absolute atomic E-state index is 0. The fourth-order valence-corrected chi connectivity index (χ4v) is 1.98. The largest absolute Gasteiger partial charge is 0.385 e. The molecule has 1 aromatic rings. The maximum absolute atomic E-state index is 4.23. The third-order valence-electron chi connectivity index (χ3n) is 3.40. The Balaban J connectivity index is 0.00000200.